The van der Waals surface area contributed by atoms with Crippen LogP contribution in [0.15, 0.2) is 42.5 Å². The second kappa shape index (κ2) is 8.46. The van der Waals surface area contributed by atoms with Crippen molar-refractivity contribution in [3.63, 3.8) is 0 Å². The molecule has 0 bridgehead atoms. The van der Waals surface area contributed by atoms with Gasteiger partial charge in [-0.2, -0.15) is 0 Å². The molecule has 0 aliphatic heterocycles. The molecule has 0 saturated heterocycles. The molecule has 0 atom stereocenters. The van der Waals surface area contributed by atoms with Crippen LogP contribution in [0.2, 0.25) is 10.0 Å². The van der Waals surface area contributed by atoms with Gasteiger partial charge in [0.05, 0.1) is 32.6 Å². The Balaban J connectivity index is 1.86. The van der Waals surface area contributed by atoms with Gasteiger partial charge in [0.15, 0.2) is 0 Å². The third-order valence-corrected chi connectivity index (χ3v) is 3.76. The fourth-order valence-electron chi connectivity index (χ4n) is 1.91. The number of carbonyl (C=O) groups excluding carboxylic acids is 2. The number of nitrogens with zero attached hydrogens (tertiary/aromatic N) is 1. The standard InChI is InChI=1S/C16H12Cl2N2O5/c17-13-4-2-1-3-12(13)16(22)25-8-7-19-15(21)11-6-5-10(20(23)24)9-14(11)18/h1-6,9H,7-8H2,(H,19,21). The summed E-state index contributed by atoms with van der Waals surface area (Å²) in [4.78, 5) is 33.8. The summed E-state index contributed by atoms with van der Waals surface area (Å²) in [5.74, 6) is -1.14. The fourth-order valence-corrected chi connectivity index (χ4v) is 2.38. The van der Waals surface area contributed by atoms with Gasteiger partial charge in [0.2, 0.25) is 0 Å². The summed E-state index contributed by atoms with van der Waals surface area (Å²) in [6.45, 7) is -0.0251. The Morgan fingerprint density at radius 1 is 1.08 bits per heavy atom. The van der Waals surface area contributed by atoms with Crippen LogP contribution in [-0.2, 0) is 4.74 Å². The summed E-state index contributed by atoms with van der Waals surface area (Å²) in [7, 11) is 0. The van der Waals surface area contributed by atoms with Crippen LogP contribution in [0.4, 0.5) is 5.69 Å². The van der Waals surface area contributed by atoms with E-state index in [4.69, 9.17) is 27.9 Å². The van der Waals surface area contributed by atoms with Crippen LogP contribution >= 0.6 is 23.2 Å². The predicted molar refractivity (Wildman–Crippen MR) is 92.2 cm³/mol. The highest BCUT2D eigenvalue weighted by molar-refractivity contribution is 6.34. The Kier molecular flexibility index (Phi) is 6.32. The third-order valence-electron chi connectivity index (χ3n) is 3.12. The number of hydrogen-bond acceptors (Lipinski definition) is 5. The first-order valence-electron chi connectivity index (χ1n) is 7.04. The van der Waals surface area contributed by atoms with Gasteiger partial charge in [0.25, 0.3) is 11.6 Å². The molecule has 0 aliphatic rings. The molecule has 0 fully saturated rings. The van der Waals surface area contributed by atoms with Crippen molar-refractivity contribution in [2.24, 2.45) is 0 Å². The summed E-state index contributed by atoms with van der Waals surface area (Å²) in [5.41, 5.74) is 0.105. The van der Waals surface area contributed by atoms with E-state index < -0.39 is 16.8 Å². The lowest BCUT2D eigenvalue weighted by Gasteiger charge is -2.08. The summed E-state index contributed by atoms with van der Waals surface area (Å²) >= 11 is 11.7. The molecule has 0 saturated carbocycles. The molecule has 0 spiro atoms. The van der Waals surface area contributed by atoms with Crippen molar-refractivity contribution in [3.8, 4) is 0 Å². The smallest absolute Gasteiger partial charge is 0.339 e. The first-order valence-corrected chi connectivity index (χ1v) is 7.79. The van der Waals surface area contributed by atoms with E-state index in [1.165, 1.54) is 18.2 Å². The van der Waals surface area contributed by atoms with E-state index in [0.29, 0.717) is 0 Å². The van der Waals surface area contributed by atoms with Gasteiger partial charge in [-0.15, -0.1) is 0 Å². The molecule has 7 nitrogen and oxygen atoms in total. The number of ether oxygens (including phenoxy) is 1. The van der Waals surface area contributed by atoms with Gasteiger partial charge in [-0.25, -0.2) is 4.79 Å². The number of benzene rings is 2. The van der Waals surface area contributed by atoms with Gasteiger partial charge in [-0.1, -0.05) is 35.3 Å². The molecule has 0 heterocycles. The minimum atomic E-state index is -0.609. The highest BCUT2D eigenvalue weighted by Gasteiger charge is 2.15. The average molecular weight is 383 g/mol. The number of nitro benzene ring substituents is 1. The van der Waals surface area contributed by atoms with Gasteiger partial charge in [0, 0.05) is 12.1 Å². The van der Waals surface area contributed by atoms with Crippen molar-refractivity contribution in [2.45, 2.75) is 0 Å². The summed E-state index contributed by atoms with van der Waals surface area (Å²) in [6, 6.07) is 9.96. The van der Waals surface area contributed by atoms with E-state index in [1.807, 2.05) is 0 Å². The molecule has 9 heteroatoms. The summed E-state index contributed by atoms with van der Waals surface area (Å²) in [6.07, 6.45) is 0. The van der Waals surface area contributed by atoms with Gasteiger partial charge >= 0.3 is 5.97 Å². The van der Waals surface area contributed by atoms with Crippen LogP contribution in [0.3, 0.4) is 0 Å². The van der Waals surface area contributed by atoms with Crippen LogP contribution in [0.1, 0.15) is 20.7 Å². The van der Waals surface area contributed by atoms with Crippen molar-refractivity contribution in [1.82, 2.24) is 5.32 Å². The zero-order chi connectivity index (χ0) is 18.4. The molecule has 0 unspecified atom stereocenters. The Bertz CT molecular complexity index is 826. The second-order valence-corrected chi connectivity index (χ2v) is 5.61. The van der Waals surface area contributed by atoms with E-state index in [-0.39, 0.29) is 40.0 Å². The van der Waals surface area contributed by atoms with Gasteiger partial charge in [0.1, 0.15) is 6.61 Å². The highest BCUT2D eigenvalue weighted by atomic mass is 35.5. The molecule has 0 aromatic heterocycles. The lowest BCUT2D eigenvalue weighted by Crippen LogP contribution is -2.28. The summed E-state index contributed by atoms with van der Waals surface area (Å²) in [5, 5.41) is 13.4. The first kappa shape index (κ1) is 18.7. The van der Waals surface area contributed by atoms with Crippen molar-refractivity contribution in [3.05, 3.63) is 73.8 Å². The molecule has 1 amide bonds. The number of non-ortho nitro benzene ring substituents is 1. The lowest BCUT2D eigenvalue weighted by molar-refractivity contribution is -0.384. The van der Waals surface area contributed by atoms with E-state index in [2.05, 4.69) is 5.32 Å². The predicted octanol–water partition coefficient (Wildman–Crippen LogP) is 3.49. The number of esters is 1. The largest absolute Gasteiger partial charge is 0.460 e. The number of rotatable bonds is 6. The fraction of sp³-hybridized carbons (Fsp3) is 0.125. The van der Waals surface area contributed by atoms with Gasteiger partial charge in [-0.3, -0.25) is 14.9 Å². The van der Waals surface area contributed by atoms with E-state index >= 15 is 0 Å². The number of carbonyl (C=O) groups is 2. The van der Waals surface area contributed by atoms with Crippen LogP contribution < -0.4 is 5.32 Å². The Morgan fingerprint density at radius 3 is 2.44 bits per heavy atom. The zero-order valence-electron chi connectivity index (χ0n) is 12.7. The average Bonchev–Trinajstić information content (AvgIpc) is 2.58. The highest BCUT2D eigenvalue weighted by Crippen LogP contribution is 2.22. The molecule has 2 aromatic carbocycles. The Morgan fingerprint density at radius 2 is 1.80 bits per heavy atom. The number of halogens is 2. The number of hydrogen-bond donors (Lipinski definition) is 1. The molecule has 0 aliphatic carbocycles. The minimum absolute atomic E-state index is 0.0419. The lowest BCUT2D eigenvalue weighted by atomic mass is 10.2. The maximum absolute atomic E-state index is 12.0. The van der Waals surface area contributed by atoms with E-state index in [0.717, 1.165) is 6.07 Å². The molecule has 25 heavy (non-hydrogen) atoms. The Labute approximate surface area is 152 Å². The third kappa shape index (κ3) is 4.91. The molecular weight excluding hydrogens is 371 g/mol. The maximum atomic E-state index is 12.0. The minimum Gasteiger partial charge on any atom is -0.460 e. The van der Waals surface area contributed by atoms with Crippen LogP contribution in [-0.4, -0.2) is 30.0 Å². The van der Waals surface area contributed by atoms with Crippen molar-refractivity contribution < 1.29 is 19.2 Å². The van der Waals surface area contributed by atoms with E-state index in [1.54, 1.807) is 18.2 Å². The van der Waals surface area contributed by atoms with Gasteiger partial charge < -0.3 is 10.1 Å². The van der Waals surface area contributed by atoms with Crippen molar-refractivity contribution >= 4 is 40.8 Å². The number of amides is 1. The van der Waals surface area contributed by atoms with Gasteiger partial charge in [-0.05, 0) is 18.2 Å². The normalized spacial score (nSPS) is 10.2. The molecule has 2 aromatic rings. The first-order chi connectivity index (χ1) is 11.9. The molecular formula is C16H12Cl2N2O5. The van der Waals surface area contributed by atoms with Crippen LogP contribution in [0.5, 0.6) is 0 Å². The SMILES string of the molecule is O=C(NCCOC(=O)c1ccccc1Cl)c1ccc([N+](=O)[O-])cc1Cl. The molecule has 1 N–H and O–H groups in total. The quantitative estimate of drug-likeness (QED) is 0.356. The summed E-state index contributed by atoms with van der Waals surface area (Å²) < 4.78 is 5.02. The van der Waals surface area contributed by atoms with E-state index in [9.17, 15) is 19.7 Å². The van der Waals surface area contributed by atoms with Crippen molar-refractivity contribution in [1.29, 1.82) is 0 Å². The molecule has 130 valence electrons. The van der Waals surface area contributed by atoms with Crippen LogP contribution in [0.25, 0.3) is 0 Å². The molecule has 2 rings (SSSR count). The monoisotopic (exact) mass is 382 g/mol. The second-order valence-electron chi connectivity index (χ2n) is 4.79. The maximum Gasteiger partial charge on any atom is 0.339 e. The number of nitro groups is 1. The Hall–Kier alpha value is -2.64. The van der Waals surface area contributed by atoms with Crippen molar-refractivity contribution in [2.75, 3.05) is 13.2 Å². The van der Waals surface area contributed by atoms with Crippen LogP contribution in [0, 0.1) is 10.1 Å². The molecule has 0 radical (unpaired) electrons. The zero-order valence-corrected chi connectivity index (χ0v) is 14.2. The topological polar surface area (TPSA) is 98.5 Å². The number of nitrogens with one attached hydrogen (secondary N) is 1.